The summed E-state index contributed by atoms with van der Waals surface area (Å²) in [4.78, 5) is 12.1. The highest BCUT2D eigenvalue weighted by Gasteiger charge is 2.09. The Hall–Kier alpha value is -2.21. The van der Waals surface area contributed by atoms with Crippen LogP contribution in [0.1, 0.15) is 15.9 Å². The van der Waals surface area contributed by atoms with E-state index in [1.807, 2.05) is 0 Å². The second-order valence-corrected chi connectivity index (χ2v) is 5.40. The third-order valence-electron chi connectivity index (χ3n) is 2.98. The summed E-state index contributed by atoms with van der Waals surface area (Å²) in [5, 5.41) is 0. The second-order valence-electron chi connectivity index (χ2n) is 4.49. The summed E-state index contributed by atoms with van der Waals surface area (Å²) in [5.74, 6) is 0.391. The highest BCUT2D eigenvalue weighted by atomic mass is 79.9. The summed E-state index contributed by atoms with van der Waals surface area (Å²) < 4.78 is 34.9. The van der Waals surface area contributed by atoms with Crippen LogP contribution in [0.15, 0.2) is 53.0 Å². The molecule has 0 N–H and O–H groups in total. The van der Waals surface area contributed by atoms with Gasteiger partial charge in [-0.25, -0.2) is 0 Å². The maximum atomic E-state index is 12.4. The molecule has 0 amide bonds. The molecule has 0 aliphatic rings. The Balaban J connectivity index is 2.21. The van der Waals surface area contributed by atoms with Crippen molar-refractivity contribution in [2.24, 2.45) is 0 Å². The van der Waals surface area contributed by atoms with E-state index in [1.54, 1.807) is 36.4 Å². The van der Waals surface area contributed by atoms with Crippen LogP contribution >= 0.6 is 15.9 Å². The number of alkyl halides is 2. The number of hydrogen-bond donors (Lipinski definition) is 0. The monoisotopic (exact) mass is 382 g/mol. The number of ether oxygens (including phenoxy) is 2. The average molecular weight is 383 g/mol. The predicted molar refractivity (Wildman–Crippen MR) is 87.1 cm³/mol. The number of ketones is 1. The van der Waals surface area contributed by atoms with Crippen LogP contribution < -0.4 is 9.47 Å². The highest BCUT2D eigenvalue weighted by Crippen LogP contribution is 2.26. The van der Waals surface area contributed by atoms with Crippen molar-refractivity contribution in [2.45, 2.75) is 6.61 Å². The van der Waals surface area contributed by atoms with Gasteiger partial charge in [0, 0.05) is 15.6 Å². The smallest absolute Gasteiger partial charge is 0.387 e. The molecule has 0 aliphatic carbocycles. The molecule has 0 heterocycles. The molecule has 0 aromatic heterocycles. The molecule has 0 unspecified atom stereocenters. The summed E-state index contributed by atoms with van der Waals surface area (Å²) in [6, 6.07) is 11.2. The first-order valence-electron chi connectivity index (χ1n) is 6.60. The SMILES string of the molecule is COc1ccc(C(=O)/C=C/c2cc(Br)ccc2OC(F)F)cc1. The van der Waals surface area contributed by atoms with Crippen molar-refractivity contribution in [3.8, 4) is 11.5 Å². The largest absolute Gasteiger partial charge is 0.497 e. The third-order valence-corrected chi connectivity index (χ3v) is 3.47. The summed E-state index contributed by atoms with van der Waals surface area (Å²) in [7, 11) is 1.54. The zero-order valence-corrected chi connectivity index (χ0v) is 13.7. The van der Waals surface area contributed by atoms with E-state index in [0.29, 0.717) is 21.3 Å². The molecule has 120 valence electrons. The van der Waals surface area contributed by atoms with Crippen LogP contribution in [0, 0.1) is 0 Å². The lowest BCUT2D eigenvalue weighted by atomic mass is 10.1. The Morgan fingerprint density at radius 1 is 1.17 bits per heavy atom. The van der Waals surface area contributed by atoms with E-state index in [2.05, 4.69) is 20.7 Å². The number of allylic oxidation sites excluding steroid dienone is 1. The quantitative estimate of drug-likeness (QED) is 0.523. The summed E-state index contributed by atoms with van der Waals surface area (Å²) in [6.07, 6.45) is 2.75. The molecule has 6 heteroatoms. The minimum Gasteiger partial charge on any atom is -0.497 e. The number of methoxy groups -OCH3 is 1. The molecule has 0 spiro atoms. The van der Waals surface area contributed by atoms with Crippen molar-refractivity contribution in [2.75, 3.05) is 7.11 Å². The Bertz CT molecular complexity index is 712. The van der Waals surface area contributed by atoms with Crippen LogP contribution in [0.3, 0.4) is 0 Å². The Labute approximate surface area is 140 Å². The molecular formula is C17H13BrF2O3. The van der Waals surface area contributed by atoms with Gasteiger partial charge in [0.15, 0.2) is 5.78 Å². The second kappa shape index (κ2) is 7.87. The Morgan fingerprint density at radius 3 is 2.48 bits per heavy atom. The van der Waals surface area contributed by atoms with E-state index in [-0.39, 0.29) is 11.5 Å². The molecule has 3 nitrogen and oxygen atoms in total. The van der Waals surface area contributed by atoms with Gasteiger partial charge in [0.05, 0.1) is 7.11 Å². The average Bonchev–Trinajstić information content (AvgIpc) is 2.54. The number of benzene rings is 2. The molecule has 0 saturated carbocycles. The minimum atomic E-state index is -2.93. The van der Waals surface area contributed by atoms with Crippen molar-refractivity contribution in [3.63, 3.8) is 0 Å². The third kappa shape index (κ3) is 4.89. The number of carbonyl (C=O) groups excluding carboxylic acids is 1. The molecule has 0 bridgehead atoms. The maximum Gasteiger partial charge on any atom is 0.387 e. The number of rotatable bonds is 6. The Kier molecular flexibility index (Phi) is 5.87. The molecule has 0 saturated heterocycles. The lowest BCUT2D eigenvalue weighted by Gasteiger charge is -2.08. The van der Waals surface area contributed by atoms with Gasteiger partial charge in [-0.05, 0) is 54.6 Å². The van der Waals surface area contributed by atoms with Gasteiger partial charge in [-0.3, -0.25) is 4.79 Å². The van der Waals surface area contributed by atoms with E-state index < -0.39 is 6.61 Å². The van der Waals surface area contributed by atoms with Crippen LogP contribution in [0.25, 0.3) is 6.08 Å². The van der Waals surface area contributed by atoms with E-state index in [9.17, 15) is 13.6 Å². The zero-order chi connectivity index (χ0) is 16.8. The van der Waals surface area contributed by atoms with E-state index in [0.717, 1.165) is 0 Å². The normalized spacial score (nSPS) is 11.0. The van der Waals surface area contributed by atoms with E-state index >= 15 is 0 Å². The van der Waals surface area contributed by atoms with Crippen LogP contribution in [0.2, 0.25) is 0 Å². The molecule has 0 aliphatic heterocycles. The van der Waals surface area contributed by atoms with Crippen molar-refractivity contribution < 1.29 is 23.0 Å². The summed E-state index contributed by atoms with van der Waals surface area (Å²) in [5.41, 5.74) is 0.843. The van der Waals surface area contributed by atoms with Gasteiger partial charge in [0.2, 0.25) is 0 Å². The molecule has 0 fully saturated rings. The van der Waals surface area contributed by atoms with Gasteiger partial charge in [-0.2, -0.15) is 8.78 Å². The van der Waals surface area contributed by atoms with Gasteiger partial charge >= 0.3 is 6.61 Å². The maximum absolute atomic E-state index is 12.4. The summed E-state index contributed by atoms with van der Waals surface area (Å²) in [6.45, 7) is -2.93. The van der Waals surface area contributed by atoms with E-state index in [1.165, 1.54) is 25.3 Å². The first-order chi connectivity index (χ1) is 11.0. The molecule has 2 aromatic rings. The first-order valence-corrected chi connectivity index (χ1v) is 7.39. The molecule has 23 heavy (non-hydrogen) atoms. The molecule has 2 aromatic carbocycles. The lowest BCUT2D eigenvalue weighted by molar-refractivity contribution is -0.0499. The lowest BCUT2D eigenvalue weighted by Crippen LogP contribution is -2.03. The fourth-order valence-corrected chi connectivity index (χ4v) is 2.25. The molecule has 0 atom stereocenters. The molecule has 0 radical (unpaired) electrons. The Morgan fingerprint density at radius 2 is 1.87 bits per heavy atom. The van der Waals surface area contributed by atoms with Crippen molar-refractivity contribution in [3.05, 3.63) is 64.1 Å². The molecule has 2 rings (SSSR count). The topological polar surface area (TPSA) is 35.5 Å². The predicted octanol–water partition coefficient (Wildman–Crippen LogP) is 4.96. The fraction of sp³-hybridized carbons (Fsp3) is 0.118. The highest BCUT2D eigenvalue weighted by molar-refractivity contribution is 9.10. The van der Waals surface area contributed by atoms with E-state index in [4.69, 9.17) is 4.74 Å². The number of hydrogen-bond acceptors (Lipinski definition) is 3. The van der Waals surface area contributed by atoms with Gasteiger partial charge in [0.1, 0.15) is 11.5 Å². The van der Waals surface area contributed by atoms with Crippen molar-refractivity contribution in [1.29, 1.82) is 0 Å². The number of halogens is 3. The van der Waals surface area contributed by atoms with Crippen LogP contribution in [-0.2, 0) is 0 Å². The van der Waals surface area contributed by atoms with Crippen LogP contribution in [0.5, 0.6) is 11.5 Å². The zero-order valence-electron chi connectivity index (χ0n) is 12.1. The van der Waals surface area contributed by atoms with Gasteiger partial charge in [0.25, 0.3) is 0 Å². The van der Waals surface area contributed by atoms with Crippen molar-refractivity contribution >= 4 is 27.8 Å². The van der Waals surface area contributed by atoms with Crippen LogP contribution in [-0.4, -0.2) is 19.5 Å². The first kappa shape index (κ1) is 17.1. The van der Waals surface area contributed by atoms with Crippen LogP contribution in [0.4, 0.5) is 8.78 Å². The van der Waals surface area contributed by atoms with Gasteiger partial charge < -0.3 is 9.47 Å². The number of carbonyl (C=O) groups is 1. The van der Waals surface area contributed by atoms with Gasteiger partial charge in [-0.15, -0.1) is 0 Å². The van der Waals surface area contributed by atoms with Gasteiger partial charge in [-0.1, -0.05) is 15.9 Å². The van der Waals surface area contributed by atoms with Crippen molar-refractivity contribution in [1.82, 2.24) is 0 Å². The minimum absolute atomic E-state index is 0.00183. The molecular weight excluding hydrogens is 370 g/mol. The summed E-state index contributed by atoms with van der Waals surface area (Å²) >= 11 is 3.25. The fourth-order valence-electron chi connectivity index (χ4n) is 1.87. The standard InChI is InChI=1S/C17H13BrF2O3/c1-22-14-6-2-11(3-7-14)15(21)8-4-12-10-13(18)5-9-16(12)23-17(19)20/h2-10,17H,1H3/b8-4+.